The van der Waals surface area contributed by atoms with Crippen molar-refractivity contribution in [3.8, 4) is 0 Å². The molecule has 0 N–H and O–H groups in total. The Morgan fingerprint density at radius 3 is 2.93 bits per heavy atom. The van der Waals surface area contributed by atoms with E-state index in [0.717, 1.165) is 17.7 Å². The van der Waals surface area contributed by atoms with Gasteiger partial charge in [-0.05, 0) is 30.2 Å². The van der Waals surface area contributed by atoms with E-state index in [0.29, 0.717) is 17.2 Å². The van der Waals surface area contributed by atoms with Crippen LogP contribution in [0.25, 0.3) is 0 Å². The Labute approximate surface area is 99.2 Å². The molecular weight excluding hydrogens is 228 g/mol. The number of hydrogen-bond donors (Lipinski definition) is 0. The van der Waals surface area contributed by atoms with Gasteiger partial charge >= 0.3 is 0 Å². The van der Waals surface area contributed by atoms with Crippen LogP contribution in [0, 0.1) is 0 Å². The van der Waals surface area contributed by atoms with Crippen LogP contribution in [0.3, 0.4) is 0 Å². The van der Waals surface area contributed by atoms with E-state index in [1.165, 1.54) is 6.42 Å². The van der Waals surface area contributed by atoms with Crippen molar-refractivity contribution in [2.75, 3.05) is 5.75 Å². The first-order valence-electron chi connectivity index (χ1n) is 5.15. The summed E-state index contributed by atoms with van der Waals surface area (Å²) in [5.41, 5.74) is 0.955. The van der Waals surface area contributed by atoms with Gasteiger partial charge in [0.1, 0.15) is 5.78 Å². The molecule has 0 spiro atoms. The van der Waals surface area contributed by atoms with Crippen LogP contribution >= 0.6 is 23.4 Å². The fourth-order valence-corrected chi connectivity index (χ4v) is 3.20. The van der Waals surface area contributed by atoms with E-state index in [9.17, 15) is 4.79 Å². The molecule has 1 aromatic rings. The summed E-state index contributed by atoms with van der Waals surface area (Å²) in [6.45, 7) is 0. The lowest BCUT2D eigenvalue weighted by Gasteiger charge is -2.08. The van der Waals surface area contributed by atoms with Gasteiger partial charge in [-0.2, -0.15) is 11.8 Å². The van der Waals surface area contributed by atoms with Crippen molar-refractivity contribution in [2.24, 2.45) is 0 Å². The van der Waals surface area contributed by atoms with Crippen molar-refractivity contribution in [2.45, 2.75) is 24.5 Å². The van der Waals surface area contributed by atoms with Gasteiger partial charge in [0.25, 0.3) is 0 Å². The second kappa shape index (κ2) is 5.04. The lowest BCUT2D eigenvalue weighted by molar-refractivity contribution is -0.117. The van der Waals surface area contributed by atoms with Crippen molar-refractivity contribution < 1.29 is 4.79 Å². The van der Waals surface area contributed by atoms with Crippen molar-refractivity contribution >= 4 is 29.1 Å². The molecule has 1 aliphatic heterocycles. The van der Waals surface area contributed by atoms with Gasteiger partial charge < -0.3 is 0 Å². The van der Waals surface area contributed by atoms with Crippen LogP contribution in [-0.4, -0.2) is 16.8 Å². The molecule has 0 amide bonds. The maximum absolute atomic E-state index is 11.9. The molecule has 1 saturated heterocycles. The number of halogens is 1. The molecule has 0 bridgehead atoms. The van der Waals surface area contributed by atoms with E-state index >= 15 is 0 Å². The topological polar surface area (TPSA) is 17.1 Å². The monoisotopic (exact) mass is 240 g/mol. The first kappa shape index (κ1) is 11.0. The number of ketones is 1. The Morgan fingerprint density at radius 1 is 1.47 bits per heavy atom. The van der Waals surface area contributed by atoms with Gasteiger partial charge in [-0.3, -0.25) is 4.79 Å². The van der Waals surface area contributed by atoms with Crippen molar-refractivity contribution in [3.63, 3.8) is 0 Å². The van der Waals surface area contributed by atoms with Crippen LogP contribution in [0.15, 0.2) is 24.3 Å². The highest BCUT2D eigenvalue weighted by Crippen LogP contribution is 2.28. The van der Waals surface area contributed by atoms with Crippen LogP contribution in [-0.2, 0) is 11.2 Å². The molecule has 80 valence electrons. The highest BCUT2D eigenvalue weighted by Gasteiger charge is 2.23. The number of rotatable bonds is 3. The van der Waals surface area contributed by atoms with E-state index < -0.39 is 0 Å². The summed E-state index contributed by atoms with van der Waals surface area (Å²) in [6, 6.07) is 7.59. The molecule has 0 saturated carbocycles. The van der Waals surface area contributed by atoms with Crippen molar-refractivity contribution in [3.05, 3.63) is 34.9 Å². The predicted molar refractivity (Wildman–Crippen MR) is 65.6 cm³/mol. The number of benzene rings is 1. The highest BCUT2D eigenvalue weighted by molar-refractivity contribution is 8.00. The summed E-state index contributed by atoms with van der Waals surface area (Å²) in [5, 5.41) is 0.912. The molecule has 0 aliphatic carbocycles. The summed E-state index contributed by atoms with van der Waals surface area (Å²) in [4.78, 5) is 11.9. The number of Topliss-reactive ketones (excluding diaryl/α,β-unsaturated/α-hetero) is 1. The van der Waals surface area contributed by atoms with Gasteiger partial charge in [-0.25, -0.2) is 0 Å². The minimum Gasteiger partial charge on any atom is -0.298 e. The second-order valence-corrected chi connectivity index (χ2v) is 5.45. The Bertz CT molecular complexity index is 358. The molecule has 3 heteroatoms. The van der Waals surface area contributed by atoms with E-state index in [4.69, 9.17) is 11.6 Å². The Kier molecular flexibility index (Phi) is 3.71. The van der Waals surface area contributed by atoms with Crippen molar-refractivity contribution in [1.82, 2.24) is 0 Å². The average Bonchev–Trinajstić information content (AvgIpc) is 2.74. The summed E-state index contributed by atoms with van der Waals surface area (Å²) < 4.78 is 0. The normalized spacial score (nSPS) is 20.5. The summed E-state index contributed by atoms with van der Waals surface area (Å²) in [6.07, 6.45) is 2.69. The Hall–Kier alpha value is -0.470. The standard InChI is InChI=1S/C12H13ClOS/c13-10-5-2-1-4-9(10)8-11(14)12-6-3-7-15-12/h1-2,4-5,12H,3,6-8H2/t12-/m1/s1. The zero-order chi connectivity index (χ0) is 10.7. The van der Waals surface area contributed by atoms with Gasteiger partial charge in [-0.1, -0.05) is 29.8 Å². The van der Waals surface area contributed by atoms with Crippen LogP contribution in [0.1, 0.15) is 18.4 Å². The molecule has 0 aromatic heterocycles. The van der Waals surface area contributed by atoms with E-state index in [2.05, 4.69) is 0 Å². The van der Waals surface area contributed by atoms with E-state index in [1.54, 1.807) is 11.8 Å². The van der Waals surface area contributed by atoms with E-state index in [1.807, 2.05) is 24.3 Å². The first-order chi connectivity index (χ1) is 7.27. The molecule has 1 fully saturated rings. The van der Waals surface area contributed by atoms with Crippen LogP contribution in [0.2, 0.25) is 5.02 Å². The van der Waals surface area contributed by atoms with Gasteiger partial charge in [0.2, 0.25) is 0 Å². The second-order valence-electron chi connectivity index (χ2n) is 3.74. The molecule has 1 aromatic carbocycles. The largest absolute Gasteiger partial charge is 0.298 e. The Balaban J connectivity index is 2.02. The third-order valence-electron chi connectivity index (χ3n) is 2.61. The predicted octanol–water partition coefficient (Wildman–Crippen LogP) is 3.35. The molecule has 0 unspecified atom stereocenters. The van der Waals surface area contributed by atoms with Gasteiger partial charge in [0, 0.05) is 11.4 Å². The lowest BCUT2D eigenvalue weighted by atomic mass is 10.0. The Morgan fingerprint density at radius 2 is 2.27 bits per heavy atom. The summed E-state index contributed by atoms with van der Waals surface area (Å²) in [5.74, 6) is 1.45. The SMILES string of the molecule is O=C(Cc1ccccc1Cl)[C@H]1CCCS1. The molecule has 15 heavy (non-hydrogen) atoms. The molecule has 0 radical (unpaired) electrons. The van der Waals surface area contributed by atoms with Crippen LogP contribution in [0.5, 0.6) is 0 Å². The first-order valence-corrected chi connectivity index (χ1v) is 6.58. The third-order valence-corrected chi connectivity index (χ3v) is 4.41. The third kappa shape index (κ3) is 2.76. The highest BCUT2D eigenvalue weighted by atomic mass is 35.5. The van der Waals surface area contributed by atoms with Crippen LogP contribution in [0.4, 0.5) is 0 Å². The molecule has 1 heterocycles. The molecule has 1 nitrogen and oxygen atoms in total. The smallest absolute Gasteiger partial charge is 0.150 e. The number of carbonyl (C=O) groups excluding carboxylic acids is 1. The fraction of sp³-hybridized carbons (Fsp3) is 0.417. The van der Waals surface area contributed by atoms with Gasteiger partial charge in [0.05, 0.1) is 5.25 Å². The minimum atomic E-state index is 0.210. The average molecular weight is 241 g/mol. The molecular formula is C12H13ClOS. The maximum Gasteiger partial charge on any atom is 0.150 e. The van der Waals surface area contributed by atoms with Crippen molar-refractivity contribution in [1.29, 1.82) is 0 Å². The fourth-order valence-electron chi connectivity index (χ4n) is 1.77. The number of hydrogen-bond acceptors (Lipinski definition) is 2. The zero-order valence-electron chi connectivity index (χ0n) is 8.41. The van der Waals surface area contributed by atoms with E-state index in [-0.39, 0.29) is 5.25 Å². The lowest BCUT2D eigenvalue weighted by Crippen LogP contribution is -2.16. The molecule has 1 atom stereocenters. The van der Waals surface area contributed by atoms with Gasteiger partial charge in [-0.15, -0.1) is 0 Å². The molecule has 1 aliphatic rings. The summed E-state index contributed by atoms with van der Waals surface area (Å²) in [7, 11) is 0. The number of thioether (sulfide) groups is 1. The number of carbonyl (C=O) groups is 1. The minimum absolute atomic E-state index is 0.210. The quantitative estimate of drug-likeness (QED) is 0.806. The van der Waals surface area contributed by atoms with Gasteiger partial charge in [0.15, 0.2) is 0 Å². The van der Waals surface area contributed by atoms with Crippen LogP contribution < -0.4 is 0 Å². The zero-order valence-corrected chi connectivity index (χ0v) is 9.98. The summed E-state index contributed by atoms with van der Waals surface area (Å²) >= 11 is 7.80. The molecule has 2 rings (SSSR count). The maximum atomic E-state index is 11.9.